The third kappa shape index (κ3) is 2.52. The lowest BCUT2D eigenvalue weighted by molar-refractivity contribution is 0.415. The molecule has 0 unspecified atom stereocenters. The van der Waals surface area contributed by atoms with E-state index in [1.54, 1.807) is 11.6 Å². The summed E-state index contributed by atoms with van der Waals surface area (Å²) in [6.07, 6.45) is 2.41. The number of fused-ring (bicyclic) bond motifs is 1. The molecule has 0 atom stereocenters. The van der Waals surface area contributed by atoms with Gasteiger partial charge in [-0.2, -0.15) is 4.52 Å². The van der Waals surface area contributed by atoms with Gasteiger partial charge in [-0.25, -0.2) is 0 Å². The fraction of sp³-hybridized carbons (Fsp3) is 0.267. The number of hydrogen-bond donors (Lipinski definition) is 2. The van der Waals surface area contributed by atoms with Gasteiger partial charge in [-0.1, -0.05) is 6.07 Å². The molecule has 0 spiro atoms. The van der Waals surface area contributed by atoms with Gasteiger partial charge in [0.2, 0.25) is 0 Å². The van der Waals surface area contributed by atoms with Gasteiger partial charge in [0.1, 0.15) is 11.6 Å². The minimum atomic E-state index is 0.552. The van der Waals surface area contributed by atoms with Crippen LogP contribution in [0.2, 0.25) is 0 Å². The van der Waals surface area contributed by atoms with Crippen LogP contribution in [0, 0.1) is 0 Å². The van der Waals surface area contributed by atoms with Gasteiger partial charge in [-0.3, -0.25) is 0 Å². The number of hydrogen-bond acceptors (Lipinski definition) is 6. The fourth-order valence-electron chi connectivity index (χ4n) is 2.21. The Morgan fingerprint density at radius 1 is 1.18 bits per heavy atom. The molecule has 1 saturated carbocycles. The minimum absolute atomic E-state index is 0.552. The molecule has 4 rings (SSSR count). The van der Waals surface area contributed by atoms with Crippen molar-refractivity contribution in [2.24, 2.45) is 0 Å². The van der Waals surface area contributed by atoms with Crippen molar-refractivity contribution in [2.75, 3.05) is 17.7 Å². The molecule has 7 nitrogen and oxygen atoms in total. The Balaban J connectivity index is 1.64. The summed E-state index contributed by atoms with van der Waals surface area (Å²) in [5.41, 5.74) is 1.57. The van der Waals surface area contributed by atoms with Crippen molar-refractivity contribution in [2.45, 2.75) is 18.9 Å². The van der Waals surface area contributed by atoms with Gasteiger partial charge in [-0.15, -0.1) is 15.3 Å². The average molecular weight is 296 g/mol. The molecular weight excluding hydrogens is 280 g/mol. The van der Waals surface area contributed by atoms with Crippen LogP contribution in [0.5, 0.6) is 5.75 Å². The highest BCUT2D eigenvalue weighted by Crippen LogP contribution is 2.24. The van der Waals surface area contributed by atoms with Crippen LogP contribution >= 0.6 is 0 Å². The maximum atomic E-state index is 5.22. The molecule has 1 aliphatic rings. The molecule has 7 heteroatoms. The second-order valence-corrected chi connectivity index (χ2v) is 5.29. The van der Waals surface area contributed by atoms with E-state index in [0.29, 0.717) is 17.6 Å². The van der Waals surface area contributed by atoms with Crippen molar-refractivity contribution in [3.8, 4) is 5.75 Å². The molecular formula is C15H16N6O. The van der Waals surface area contributed by atoms with E-state index in [2.05, 4.69) is 25.9 Å². The Labute approximate surface area is 127 Å². The Hall–Kier alpha value is -2.83. The molecule has 0 amide bonds. The lowest BCUT2D eigenvalue weighted by atomic mass is 10.3. The van der Waals surface area contributed by atoms with Crippen molar-refractivity contribution in [1.29, 1.82) is 0 Å². The van der Waals surface area contributed by atoms with Crippen LogP contribution in [-0.4, -0.2) is 33.0 Å². The van der Waals surface area contributed by atoms with Gasteiger partial charge in [0.15, 0.2) is 5.65 Å². The van der Waals surface area contributed by atoms with Crippen LogP contribution in [0.4, 0.5) is 17.5 Å². The van der Waals surface area contributed by atoms with Crippen LogP contribution in [-0.2, 0) is 0 Å². The first-order chi connectivity index (χ1) is 10.8. The van der Waals surface area contributed by atoms with Gasteiger partial charge >= 0.3 is 0 Å². The van der Waals surface area contributed by atoms with Crippen LogP contribution in [0.3, 0.4) is 0 Å². The molecule has 0 saturated heterocycles. The maximum absolute atomic E-state index is 5.22. The molecule has 2 N–H and O–H groups in total. The number of benzene rings is 1. The van der Waals surface area contributed by atoms with E-state index >= 15 is 0 Å². The number of rotatable bonds is 5. The monoisotopic (exact) mass is 296 g/mol. The van der Waals surface area contributed by atoms with E-state index < -0.39 is 0 Å². The van der Waals surface area contributed by atoms with Gasteiger partial charge in [-0.05, 0) is 37.1 Å². The summed E-state index contributed by atoms with van der Waals surface area (Å²) < 4.78 is 6.92. The van der Waals surface area contributed by atoms with Crippen molar-refractivity contribution in [3.05, 3.63) is 36.4 Å². The third-order valence-corrected chi connectivity index (χ3v) is 3.52. The average Bonchev–Trinajstić information content (AvgIpc) is 3.28. The summed E-state index contributed by atoms with van der Waals surface area (Å²) in [6.45, 7) is 0. The first kappa shape index (κ1) is 12.9. The highest BCUT2D eigenvalue weighted by molar-refractivity contribution is 5.58. The normalized spacial score (nSPS) is 14.0. The van der Waals surface area contributed by atoms with Crippen molar-refractivity contribution < 1.29 is 4.74 Å². The molecule has 1 fully saturated rings. The summed E-state index contributed by atoms with van der Waals surface area (Å²) in [5.74, 6) is 2.19. The molecule has 1 aliphatic carbocycles. The summed E-state index contributed by atoms with van der Waals surface area (Å²) in [4.78, 5) is 0. The summed E-state index contributed by atoms with van der Waals surface area (Å²) in [7, 11) is 1.64. The summed E-state index contributed by atoms with van der Waals surface area (Å²) >= 11 is 0. The standard InChI is InChI=1S/C15H16N6O/c1-22-12-4-2-3-11(9-12)17-15-19-18-14-8-7-13(20-21(14)15)16-10-5-6-10/h2-4,7-10H,5-6H2,1H3,(H,16,20)(H,17,19). The Morgan fingerprint density at radius 3 is 2.91 bits per heavy atom. The van der Waals surface area contributed by atoms with E-state index in [1.165, 1.54) is 12.8 Å². The predicted octanol–water partition coefficient (Wildman–Crippen LogP) is 2.45. The lowest BCUT2D eigenvalue weighted by Crippen LogP contribution is -2.07. The molecule has 0 radical (unpaired) electrons. The second kappa shape index (κ2) is 5.18. The van der Waals surface area contributed by atoms with E-state index in [4.69, 9.17) is 4.74 Å². The first-order valence-corrected chi connectivity index (χ1v) is 7.22. The first-order valence-electron chi connectivity index (χ1n) is 7.22. The Morgan fingerprint density at radius 2 is 2.09 bits per heavy atom. The molecule has 0 bridgehead atoms. The van der Waals surface area contributed by atoms with Crippen molar-refractivity contribution >= 4 is 23.1 Å². The van der Waals surface area contributed by atoms with Gasteiger partial charge in [0, 0.05) is 17.8 Å². The number of nitrogens with one attached hydrogen (secondary N) is 2. The maximum Gasteiger partial charge on any atom is 0.250 e. The van der Waals surface area contributed by atoms with Crippen molar-refractivity contribution in [3.63, 3.8) is 0 Å². The number of anilines is 3. The van der Waals surface area contributed by atoms with E-state index in [-0.39, 0.29) is 0 Å². The van der Waals surface area contributed by atoms with Gasteiger partial charge < -0.3 is 15.4 Å². The largest absolute Gasteiger partial charge is 0.497 e. The highest BCUT2D eigenvalue weighted by Gasteiger charge is 2.21. The molecule has 1 aromatic carbocycles. The number of methoxy groups -OCH3 is 1. The van der Waals surface area contributed by atoms with Crippen LogP contribution in [0.1, 0.15) is 12.8 Å². The predicted molar refractivity (Wildman–Crippen MR) is 83.7 cm³/mol. The zero-order chi connectivity index (χ0) is 14.9. The molecule has 0 aliphatic heterocycles. The number of nitrogens with zero attached hydrogens (tertiary/aromatic N) is 4. The molecule has 112 valence electrons. The van der Waals surface area contributed by atoms with E-state index in [1.807, 2.05) is 36.4 Å². The number of ether oxygens (including phenoxy) is 1. The van der Waals surface area contributed by atoms with Crippen LogP contribution < -0.4 is 15.4 Å². The van der Waals surface area contributed by atoms with E-state index in [0.717, 1.165) is 17.3 Å². The number of aromatic nitrogens is 4. The summed E-state index contributed by atoms with van der Waals surface area (Å²) in [5, 5.41) is 19.4. The zero-order valence-electron chi connectivity index (χ0n) is 12.2. The Bertz CT molecular complexity index is 811. The quantitative estimate of drug-likeness (QED) is 0.753. The Kier molecular flexibility index (Phi) is 3.03. The second-order valence-electron chi connectivity index (χ2n) is 5.29. The molecule has 3 aromatic rings. The van der Waals surface area contributed by atoms with Crippen LogP contribution in [0.15, 0.2) is 36.4 Å². The zero-order valence-corrected chi connectivity index (χ0v) is 12.2. The molecule has 2 heterocycles. The van der Waals surface area contributed by atoms with Gasteiger partial charge in [0.25, 0.3) is 5.95 Å². The lowest BCUT2D eigenvalue weighted by Gasteiger charge is -2.07. The minimum Gasteiger partial charge on any atom is -0.497 e. The fourth-order valence-corrected chi connectivity index (χ4v) is 2.21. The van der Waals surface area contributed by atoms with Crippen LogP contribution in [0.25, 0.3) is 5.65 Å². The van der Waals surface area contributed by atoms with Gasteiger partial charge in [0.05, 0.1) is 7.11 Å². The highest BCUT2D eigenvalue weighted by atomic mass is 16.5. The molecule has 22 heavy (non-hydrogen) atoms. The van der Waals surface area contributed by atoms with E-state index in [9.17, 15) is 0 Å². The molecule has 2 aromatic heterocycles. The van der Waals surface area contributed by atoms with Crippen molar-refractivity contribution in [1.82, 2.24) is 19.8 Å². The smallest absolute Gasteiger partial charge is 0.250 e. The third-order valence-electron chi connectivity index (χ3n) is 3.52. The SMILES string of the molecule is COc1cccc(Nc2nnc3ccc(NC4CC4)nn23)c1. The summed E-state index contributed by atoms with van der Waals surface area (Å²) in [6, 6.07) is 12.0. The topological polar surface area (TPSA) is 76.4 Å².